The van der Waals surface area contributed by atoms with E-state index in [9.17, 15) is 0 Å². The van der Waals surface area contributed by atoms with Crippen molar-refractivity contribution in [3.05, 3.63) is 237 Å². The second-order valence-corrected chi connectivity index (χ2v) is 14.8. The van der Waals surface area contributed by atoms with Crippen molar-refractivity contribution >= 4 is 0 Å². The summed E-state index contributed by atoms with van der Waals surface area (Å²) in [6.07, 6.45) is 0. The van der Waals surface area contributed by atoms with Gasteiger partial charge in [-0.3, -0.25) is 0 Å². The zero-order valence-electron chi connectivity index (χ0n) is 32.9. The number of benzene rings is 8. The molecule has 0 N–H and O–H groups in total. The van der Waals surface area contributed by atoms with E-state index in [0.29, 0.717) is 5.82 Å². The van der Waals surface area contributed by atoms with Gasteiger partial charge in [0.1, 0.15) is 0 Å². The Bertz CT molecular complexity index is 2940. The lowest BCUT2D eigenvalue weighted by molar-refractivity contribution is 1.18. The van der Waals surface area contributed by atoms with Crippen LogP contribution in [0, 0.1) is 0 Å². The molecule has 3 heteroatoms. The maximum atomic E-state index is 5.63. The van der Waals surface area contributed by atoms with E-state index in [1.807, 2.05) is 12.1 Å². The summed E-state index contributed by atoms with van der Waals surface area (Å²) in [5, 5.41) is 0. The van der Waals surface area contributed by atoms with Crippen LogP contribution in [0.2, 0.25) is 0 Å². The highest BCUT2D eigenvalue weighted by atomic mass is 14.9. The van der Waals surface area contributed by atoms with Crippen LogP contribution in [0.4, 0.5) is 0 Å². The molecule has 0 aliphatic heterocycles. The van der Waals surface area contributed by atoms with Gasteiger partial charge in [0.05, 0.1) is 22.8 Å². The molecular weight excluding hydrogens is 727 g/mol. The minimum Gasteiger partial charge on any atom is -0.246 e. The predicted octanol–water partition coefficient (Wildman–Crippen LogP) is 14.9. The smallest absolute Gasteiger partial charge is 0.160 e. The maximum Gasteiger partial charge on any atom is 0.160 e. The number of nitrogens with zero attached hydrogens (tertiary/aromatic N) is 3. The highest BCUT2D eigenvalue weighted by Gasteiger charge is 2.25. The Hall–Kier alpha value is -8.01. The minimum atomic E-state index is 0.672. The molecule has 0 fully saturated rings. The van der Waals surface area contributed by atoms with Crippen molar-refractivity contribution in [3.8, 4) is 101 Å². The van der Waals surface area contributed by atoms with Crippen LogP contribution in [0.5, 0.6) is 0 Å². The molecule has 10 aromatic rings. The Morgan fingerprint density at radius 1 is 0.200 bits per heavy atom. The van der Waals surface area contributed by atoms with Gasteiger partial charge in [0.15, 0.2) is 5.82 Å². The fourth-order valence-electron chi connectivity index (χ4n) is 8.04. The number of pyridine rings is 1. The Balaban J connectivity index is 1.25. The number of hydrogen-bond acceptors (Lipinski definition) is 3. The van der Waals surface area contributed by atoms with Crippen LogP contribution in [0.25, 0.3) is 101 Å². The minimum absolute atomic E-state index is 0.672. The van der Waals surface area contributed by atoms with Gasteiger partial charge in [-0.1, -0.05) is 218 Å². The summed E-state index contributed by atoms with van der Waals surface area (Å²) in [5.74, 6) is 0.672. The van der Waals surface area contributed by atoms with E-state index in [1.54, 1.807) is 0 Å². The summed E-state index contributed by atoms with van der Waals surface area (Å²) in [6, 6.07) is 82.8. The topological polar surface area (TPSA) is 38.7 Å². The van der Waals surface area contributed by atoms with E-state index in [0.717, 1.165) is 95.1 Å². The average molecular weight is 766 g/mol. The van der Waals surface area contributed by atoms with Crippen LogP contribution >= 0.6 is 0 Å². The molecule has 10 rings (SSSR count). The highest BCUT2D eigenvalue weighted by molar-refractivity contribution is 6.05. The summed E-state index contributed by atoms with van der Waals surface area (Å²) in [4.78, 5) is 16.2. The lowest BCUT2D eigenvalue weighted by Crippen LogP contribution is -2.02. The number of rotatable bonds is 9. The quantitative estimate of drug-likeness (QED) is 0.147. The molecule has 60 heavy (non-hydrogen) atoms. The molecule has 8 aromatic carbocycles. The van der Waals surface area contributed by atoms with Gasteiger partial charge < -0.3 is 0 Å². The molecule has 282 valence electrons. The van der Waals surface area contributed by atoms with Crippen molar-refractivity contribution < 1.29 is 0 Å². The van der Waals surface area contributed by atoms with Gasteiger partial charge in [-0.25, -0.2) is 15.0 Å². The van der Waals surface area contributed by atoms with Crippen molar-refractivity contribution in [1.29, 1.82) is 0 Å². The Morgan fingerprint density at radius 2 is 0.550 bits per heavy atom. The SMILES string of the molecule is c1ccc(-c2cccc(-c3nc(-c4ccccc4)cc(-c4cccc(-c5c(-c6ccccc6)c(-c6ccccc6)nc(-c6ccccc6)c5-c5ccccc5)c4)n3)c2)cc1. The first-order valence-corrected chi connectivity index (χ1v) is 20.3. The molecule has 0 saturated heterocycles. The predicted molar refractivity (Wildman–Crippen MR) is 249 cm³/mol. The van der Waals surface area contributed by atoms with Crippen molar-refractivity contribution in [1.82, 2.24) is 15.0 Å². The largest absolute Gasteiger partial charge is 0.246 e. The van der Waals surface area contributed by atoms with E-state index >= 15 is 0 Å². The Labute approximate surface area is 351 Å². The third-order valence-electron chi connectivity index (χ3n) is 10.9. The van der Waals surface area contributed by atoms with Crippen LogP contribution in [0.15, 0.2) is 237 Å². The molecule has 0 radical (unpaired) electrons. The molecule has 0 aliphatic carbocycles. The molecule has 0 amide bonds. The summed E-state index contributed by atoms with van der Waals surface area (Å²) in [5.41, 5.74) is 17.4. The van der Waals surface area contributed by atoms with Gasteiger partial charge in [-0.15, -0.1) is 0 Å². The van der Waals surface area contributed by atoms with Crippen LogP contribution in [0.1, 0.15) is 0 Å². The fourth-order valence-corrected chi connectivity index (χ4v) is 8.04. The van der Waals surface area contributed by atoms with Crippen LogP contribution in [-0.2, 0) is 0 Å². The van der Waals surface area contributed by atoms with Crippen molar-refractivity contribution in [2.24, 2.45) is 0 Å². The maximum absolute atomic E-state index is 5.63. The molecule has 2 aromatic heterocycles. The Kier molecular flexibility index (Phi) is 9.97. The van der Waals surface area contributed by atoms with Crippen molar-refractivity contribution in [2.75, 3.05) is 0 Å². The van der Waals surface area contributed by atoms with E-state index in [-0.39, 0.29) is 0 Å². The second-order valence-electron chi connectivity index (χ2n) is 14.8. The van der Waals surface area contributed by atoms with Gasteiger partial charge in [0.2, 0.25) is 0 Å². The fraction of sp³-hybridized carbons (Fsp3) is 0. The lowest BCUT2D eigenvalue weighted by Gasteiger charge is -2.23. The molecule has 0 bridgehead atoms. The third-order valence-corrected chi connectivity index (χ3v) is 10.9. The molecule has 3 nitrogen and oxygen atoms in total. The third kappa shape index (κ3) is 7.32. The summed E-state index contributed by atoms with van der Waals surface area (Å²) in [6.45, 7) is 0. The first-order chi connectivity index (χ1) is 29.8. The summed E-state index contributed by atoms with van der Waals surface area (Å²) < 4.78 is 0. The molecule has 0 spiro atoms. The van der Waals surface area contributed by atoms with Crippen LogP contribution in [0.3, 0.4) is 0 Å². The molecule has 0 aliphatic rings. The number of hydrogen-bond donors (Lipinski definition) is 0. The zero-order valence-corrected chi connectivity index (χ0v) is 32.9. The molecular formula is C57H39N3. The normalized spacial score (nSPS) is 11.0. The zero-order chi connectivity index (χ0) is 40.1. The molecule has 0 unspecified atom stereocenters. The van der Waals surface area contributed by atoms with Gasteiger partial charge in [0.25, 0.3) is 0 Å². The standard InChI is InChI=1S/C57H39N3/c1-7-21-40(22-8-1)46-33-19-36-49(37-46)57-58-50(41-23-9-2-10-24-41)39-51(59-57)47-34-20-35-48(38-47)52-53(42-25-11-3-12-26-42)55(44-29-15-5-16-30-44)60-56(45-31-17-6-18-32-45)54(52)43-27-13-4-14-28-43/h1-39H. The highest BCUT2D eigenvalue weighted by Crippen LogP contribution is 2.49. The second kappa shape index (κ2) is 16.5. The lowest BCUT2D eigenvalue weighted by atomic mass is 9.83. The van der Waals surface area contributed by atoms with E-state index in [1.165, 1.54) is 0 Å². The van der Waals surface area contributed by atoms with Gasteiger partial charge in [-0.2, -0.15) is 0 Å². The molecule has 2 heterocycles. The van der Waals surface area contributed by atoms with Gasteiger partial charge >= 0.3 is 0 Å². The van der Waals surface area contributed by atoms with Crippen LogP contribution < -0.4 is 0 Å². The van der Waals surface area contributed by atoms with E-state index < -0.39 is 0 Å². The van der Waals surface area contributed by atoms with Crippen LogP contribution in [-0.4, -0.2) is 15.0 Å². The first kappa shape index (κ1) is 36.3. The monoisotopic (exact) mass is 765 g/mol. The first-order valence-electron chi connectivity index (χ1n) is 20.3. The summed E-state index contributed by atoms with van der Waals surface area (Å²) >= 11 is 0. The van der Waals surface area contributed by atoms with E-state index in [2.05, 4.69) is 224 Å². The van der Waals surface area contributed by atoms with E-state index in [4.69, 9.17) is 15.0 Å². The van der Waals surface area contributed by atoms with Crippen molar-refractivity contribution in [2.45, 2.75) is 0 Å². The summed E-state index contributed by atoms with van der Waals surface area (Å²) in [7, 11) is 0. The van der Waals surface area contributed by atoms with Gasteiger partial charge in [-0.05, 0) is 46.0 Å². The van der Waals surface area contributed by atoms with Gasteiger partial charge in [0, 0.05) is 44.5 Å². The number of aromatic nitrogens is 3. The average Bonchev–Trinajstić information content (AvgIpc) is 3.35. The Morgan fingerprint density at radius 3 is 1.05 bits per heavy atom. The molecule has 0 atom stereocenters. The molecule has 0 saturated carbocycles. The van der Waals surface area contributed by atoms with Crippen molar-refractivity contribution in [3.63, 3.8) is 0 Å².